The molecule has 4 rings (SSSR count). The Bertz CT molecular complexity index is 769. The number of fused-ring (bicyclic) bond motifs is 2. The highest BCUT2D eigenvalue weighted by Gasteiger charge is 2.36. The summed E-state index contributed by atoms with van der Waals surface area (Å²) in [5, 5.41) is 13.7. The topological polar surface area (TPSA) is 80.9 Å². The zero-order chi connectivity index (χ0) is 16.6. The van der Waals surface area contributed by atoms with E-state index in [9.17, 15) is 9.90 Å². The molecule has 0 saturated carbocycles. The molecule has 2 aromatic rings. The van der Waals surface area contributed by atoms with E-state index in [0.29, 0.717) is 36.7 Å². The van der Waals surface area contributed by atoms with E-state index >= 15 is 0 Å². The molecule has 1 unspecified atom stereocenters. The number of ether oxygens (including phenoxy) is 2. The second-order valence-corrected chi connectivity index (χ2v) is 6.16. The molecule has 1 atom stereocenters. The van der Waals surface area contributed by atoms with Crippen molar-refractivity contribution in [2.45, 2.75) is 24.9 Å². The number of hydrogen-bond acceptors (Lipinski definition) is 5. The second-order valence-electron chi connectivity index (χ2n) is 6.16. The third-order valence-corrected chi connectivity index (χ3v) is 4.59. The molecule has 0 spiro atoms. The molecule has 1 aliphatic heterocycles. The monoisotopic (exact) mass is 329 g/mol. The van der Waals surface area contributed by atoms with Gasteiger partial charge in [-0.2, -0.15) is 0 Å². The Hall–Kier alpha value is -2.47. The van der Waals surface area contributed by atoms with E-state index in [4.69, 9.17) is 13.9 Å². The van der Waals surface area contributed by atoms with Crippen molar-refractivity contribution in [3.63, 3.8) is 0 Å². The van der Waals surface area contributed by atoms with Crippen molar-refractivity contribution in [1.29, 1.82) is 0 Å². The molecule has 1 aliphatic carbocycles. The van der Waals surface area contributed by atoms with E-state index in [-0.39, 0.29) is 12.5 Å². The molecule has 0 bridgehead atoms. The molecular weight excluding hydrogens is 310 g/mol. The summed E-state index contributed by atoms with van der Waals surface area (Å²) >= 11 is 0. The van der Waals surface area contributed by atoms with Gasteiger partial charge < -0.3 is 24.3 Å². The van der Waals surface area contributed by atoms with Crippen LogP contribution < -0.4 is 14.8 Å². The smallest absolute Gasteiger partial charge is 0.255 e. The lowest BCUT2D eigenvalue weighted by molar-refractivity contribution is 0.0168. The molecule has 1 amide bonds. The highest BCUT2D eigenvalue weighted by atomic mass is 16.6. The third kappa shape index (κ3) is 2.53. The first-order chi connectivity index (χ1) is 11.7. The van der Waals surface area contributed by atoms with Crippen LogP contribution in [0.5, 0.6) is 11.5 Å². The minimum atomic E-state index is -1.09. The van der Waals surface area contributed by atoms with E-state index in [1.165, 1.54) is 0 Å². The van der Waals surface area contributed by atoms with Crippen LogP contribution >= 0.6 is 0 Å². The standard InChI is InChI=1S/C18H19NO5/c20-17(12-3-1-4-15-16(12)24-10-9-23-15)19-11-18(21)7-2-5-14-13(18)6-8-22-14/h1,3-4,6,8,21H,2,5,7,9-11H2,(H,19,20). The van der Waals surface area contributed by atoms with Crippen LogP contribution in [0.2, 0.25) is 0 Å². The van der Waals surface area contributed by atoms with Gasteiger partial charge >= 0.3 is 0 Å². The quantitative estimate of drug-likeness (QED) is 0.900. The van der Waals surface area contributed by atoms with Gasteiger partial charge in [-0.25, -0.2) is 0 Å². The van der Waals surface area contributed by atoms with Crippen molar-refractivity contribution < 1.29 is 23.8 Å². The molecule has 0 saturated heterocycles. The number of carbonyl (C=O) groups excluding carboxylic acids is 1. The van der Waals surface area contributed by atoms with Crippen molar-refractivity contribution in [2.75, 3.05) is 19.8 Å². The fourth-order valence-electron chi connectivity index (χ4n) is 3.38. The Kier molecular flexibility index (Phi) is 3.69. The van der Waals surface area contributed by atoms with Gasteiger partial charge in [0.25, 0.3) is 5.91 Å². The number of rotatable bonds is 3. The van der Waals surface area contributed by atoms with Crippen LogP contribution in [-0.2, 0) is 12.0 Å². The zero-order valence-corrected chi connectivity index (χ0v) is 13.2. The zero-order valence-electron chi connectivity index (χ0n) is 13.2. The summed E-state index contributed by atoms with van der Waals surface area (Å²) < 4.78 is 16.5. The molecule has 0 radical (unpaired) electrons. The van der Waals surface area contributed by atoms with E-state index in [2.05, 4.69) is 5.32 Å². The maximum absolute atomic E-state index is 12.6. The van der Waals surface area contributed by atoms with Crippen LogP contribution in [0.3, 0.4) is 0 Å². The predicted molar refractivity (Wildman–Crippen MR) is 85.3 cm³/mol. The van der Waals surface area contributed by atoms with Gasteiger partial charge in [0, 0.05) is 12.0 Å². The number of benzene rings is 1. The highest BCUT2D eigenvalue weighted by molar-refractivity contribution is 5.97. The van der Waals surface area contributed by atoms with Gasteiger partial charge in [0.15, 0.2) is 11.5 Å². The van der Waals surface area contributed by atoms with Crippen LogP contribution in [0.1, 0.15) is 34.5 Å². The van der Waals surface area contributed by atoms with Gasteiger partial charge in [-0.1, -0.05) is 6.07 Å². The van der Waals surface area contributed by atoms with Gasteiger partial charge in [-0.05, 0) is 31.0 Å². The van der Waals surface area contributed by atoms with E-state index < -0.39 is 5.60 Å². The van der Waals surface area contributed by atoms with Crippen molar-refractivity contribution in [3.05, 3.63) is 47.4 Å². The van der Waals surface area contributed by atoms with Gasteiger partial charge in [-0.15, -0.1) is 0 Å². The van der Waals surface area contributed by atoms with E-state index in [1.54, 1.807) is 30.5 Å². The maximum Gasteiger partial charge on any atom is 0.255 e. The van der Waals surface area contributed by atoms with Gasteiger partial charge in [0.2, 0.25) is 0 Å². The lowest BCUT2D eigenvalue weighted by atomic mass is 9.83. The second kappa shape index (κ2) is 5.87. The summed E-state index contributed by atoms with van der Waals surface area (Å²) in [6.07, 6.45) is 3.81. The van der Waals surface area contributed by atoms with Crippen LogP contribution in [0, 0.1) is 0 Å². The summed E-state index contributed by atoms with van der Waals surface area (Å²) in [6.45, 7) is 1.02. The first-order valence-corrected chi connectivity index (χ1v) is 8.13. The number of hydrogen-bond donors (Lipinski definition) is 2. The molecule has 24 heavy (non-hydrogen) atoms. The average molecular weight is 329 g/mol. The molecule has 1 aromatic carbocycles. The molecule has 2 aliphatic rings. The van der Waals surface area contributed by atoms with Crippen LogP contribution in [-0.4, -0.2) is 30.8 Å². The fraction of sp³-hybridized carbons (Fsp3) is 0.389. The predicted octanol–water partition coefficient (Wildman–Crippen LogP) is 2.00. The lowest BCUT2D eigenvalue weighted by Crippen LogP contribution is -2.42. The summed E-state index contributed by atoms with van der Waals surface area (Å²) in [6, 6.07) is 7.00. The van der Waals surface area contributed by atoms with Crippen molar-refractivity contribution >= 4 is 5.91 Å². The Balaban J connectivity index is 1.52. The Labute approximate surface area is 139 Å². The van der Waals surface area contributed by atoms with Gasteiger partial charge in [0.05, 0.1) is 18.4 Å². The number of amides is 1. The number of para-hydroxylation sites is 1. The lowest BCUT2D eigenvalue weighted by Gasteiger charge is -2.32. The van der Waals surface area contributed by atoms with E-state index in [1.807, 2.05) is 0 Å². The summed E-state index contributed by atoms with van der Waals surface area (Å²) in [5.41, 5.74) is 0.0883. The van der Waals surface area contributed by atoms with Crippen LogP contribution in [0.4, 0.5) is 0 Å². The first-order valence-electron chi connectivity index (χ1n) is 8.13. The molecule has 2 heterocycles. The SMILES string of the molecule is O=C(NCC1(O)CCCc2occc21)c1cccc2c1OCCO2. The summed E-state index contributed by atoms with van der Waals surface area (Å²) in [7, 11) is 0. The number of furan rings is 1. The normalized spacial score (nSPS) is 21.9. The number of nitrogens with one attached hydrogen (secondary N) is 1. The third-order valence-electron chi connectivity index (χ3n) is 4.59. The molecule has 1 aromatic heterocycles. The Morgan fingerprint density at radius 1 is 1.25 bits per heavy atom. The summed E-state index contributed by atoms with van der Waals surface area (Å²) in [4.78, 5) is 12.6. The van der Waals surface area contributed by atoms with Crippen molar-refractivity contribution in [3.8, 4) is 11.5 Å². The molecule has 2 N–H and O–H groups in total. The summed E-state index contributed by atoms with van der Waals surface area (Å²) in [5.74, 6) is 1.54. The molecule has 6 nitrogen and oxygen atoms in total. The largest absolute Gasteiger partial charge is 0.486 e. The van der Waals surface area contributed by atoms with Crippen molar-refractivity contribution in [1.82, 2.24) is 5.32 Å². The number of aliphatic hydroxyl groups is 1. The maximum atomic E-state index is 12.6. The van der Waals surface area contributed by atoms with Crippen LogP contribution in [0.15, 0.2) is 34.9 Å². The Morgan fingerprint density at radius 3 is 3.04 bits per heavy atom. The van der Waals surface area contributed by atoms with E-state index in [0.717, 1.165) is 24.2 Å². The molecule has 6 heteroatoms. The minimum absolute atomic E-state index is 0.128. The number of carbonyl (C=O) groups is 1. The molecular formula is C18H19NO5. The fourth-order valence-corrected chi connectivity index (χ4v) is 3.38. The minimum Gasteiger partial charge on any atom is -0.486 e. The van der Waals surface area contributed by atoms with Crippen molar-refractivity contribution in [2.24, 2.45) is 0 Å². The molecule has 0 fully saturated rings. The first kappa shape index (κ1) is 15.1. The molecule has 126 valence electrons. The Morgan fingerprint density at radius 2 is 2.12 bits per heavy atom. The van der Waals surface area contributed by atoms with Gasteiger partial charge in [-0.3, -0.25) is 4.79 Å². The number of aryl methyl sites for hydroxylation is 1. The van der Waals surface area contributed by atoms with Crippen LogP contribution in [0.25, 0.3) is 0 Å². The highest BCUT2D eigenvalue weighted by Crippen LogP contribution is 2.36. The average Bonchev–Trinajstić information content (AvgIpc) is 3.10. The van der Waals surface area contributed by atoms with Gasteiger partial charge in [0.1, 0.15) is 24.6 Å².